The Morgan fingerprint density at radius 2 is 1.29 bits per heavy atom. The van der Waals surface area contributed by atoms with Gasteiger partial charge in [-0.05, 0) is 40.8 Å². The highest BCUT2D eigenvalue weighted by molar-refractivity contribution is 5.65. The van der Waals surface area contributed by atoms with Crippen molar-refractivity contribution < 1.29 is 33.6 Å². The largest absolute Gasteiger partial charge is 0.497 e. The Kier molecular flexibility index (Phi) is 11.7. The van der Waals surface area contributed by atoms with Crippen molar-refractivity contribution in [1.82, 2.24) is 0 Å². The zero-order chi connectivity index (χ0) is 29.6. The van der Waals surface area contributed by atoms with E-state index in [-0.39, 0.29) is 13.2 Å². The van der Waals surface area contributed by atoms with Gasteiger partial charge in [-0.25, -0.2) is 0 Å². The monoisotopic (exact) mass is 570 g/mol. The zero-order valence-electron chi connectivity index (χ0n) is 24.1. The first-order chi connectivity index (χ1) is 20.5. The summed E-state index contributed by atoms with van der Waals surface area (Å²) < 4.78 is 29.0. The standard InChI is InChI=1S/C35H38O7/c1-27(36)40-26-34(37)42-33(22-23-39-24-28-18-20-32(38-2)21-19-28)25-41-35(29-12-6-3-7-13-29,30-14-8-4-9-15-30)31-16-10-5-11-17-31/h3-21,33-34,37H,22-26H2,1-2H3/t33-,34?/m0/s1. The number of hydrogen-bond donors (Lipinski definition) is 1. The first-order valence-corrected chi connectivity index (χ1v) is 14.0. The van der Waals surface area contributed by atoms with Crippen molar-refractivity contribution in [2.75, 3.05) is 26.9 Å². The van der Waals surface area contributed by atoms with E-state index in [9.17, 15) is 9.90 Å². The second kappa shape index (κ2) is 15.8. The number of carbonyl (C=O) groups excluding carboxylic acids is 1. The van der Waals surface area contributed by atoms with Crippen LogP contribution in [-0.2, 0) is 35.9 Å². The number of esters is 1. The maximum absolute atomic E-state index is 11.3. The third-order valence-electron chi connectivity index (χ3n) is 6.82. The maximum Gasteiger partial charge on any atom is 0.302 e. The molecule has 1 unspecified atom stereocenters. The van der Waals surface area contributed by atoms with Crippen molar-refractivity contribution in [2.24, 2.45) is 0 Å². The smallest absolute Gasteiger partial charge is 0.302 e. The van der Waals surface area contributed by atoms with E-state index in [0.29, 0.717) is 19.6 Å². The highest BCUT2D eigenvalue weighted by Gasteiger charge is 2.38. The van der Waals surface area contributed by atoms with Crippen LogP contribution < -0.4 is 4.74 Å². The molecule has 0 radical (unpaired) electrons. The molecule has 0 aliphatic carbocycles. The van der Waals surface area contributed by atoms with Crippen molar-refractivity contribution >= 4 is 5.97 Å². The molecule has 4 rings (SSSR count). The summed E-state index contributed by atoms with van der Waals surface area (Å²) in [6.07, 6.45) is -1.45. The summed E-state index contributed by atoms with van der Waals surface area (Å²) in [5, 5.41) is 10.5. The lowest BCUT2D eigenvalue weighted by molar-refractivity contribution is -0.192. The van der Waals surface area contributed by atoms with Gasteiger partial charge in [-0.15, -0.1) is 0 Å². The summed E-state index contributed by atoms with van der Waals surface area (Å²) in [5.74, 6) is 0.286. The highest BCUT2D eigenvalue weighted by atomic mass is 16.7. The van der Waals surface area contributed by atoms with E-state index in [1.165, 1.54) is 6.92 Å². The number of benzene rings is 4. The van der Waals surface area contributed by atoms with Gasteiger partial charge in [0.1, 0.15) is 18.0 Å². The first kappa shape index (κ1) is 30.9. The summed E-state index contributed by atoms with van der Waals surface area (Å²) in [6.45, 7) is 1.90. The van der Waals surface area contributed by atoms with Crippen LogP contribution in [0.2, 0.25) is 0 Å². The topological polar surface area (TPSA) is 83.5 Å². The first-order valence-electron chi connectivity index (χ1n) is 14.0. The Labute approximate surface area is 247 Å². The molecule has 1 N–H and O–H groups in total. The third kappa shape index (κ3) is 8.50. The number of hydrogen-bond acceptors (Lipinski definition) is 7. The number of carbonyl (C=O) groups is 1. The molecule has 0 saturated carbocycles. The van der Waals surface area contributed by atoms with Crippen LogP contribution >= 0.6 is 0 Å². The Morgan fingerprint density at radius 3 is 1.76 bits per heavy atom. The van der Waals surface area contributed by atoms with Gasteiger partial charge in [0.2, 0.25) is 0 Å². The second-order valence-electron chi connectivity index (χ2n) is 9.79. The number of aliphatic hydroxyl groups is 1. The van der Waals surface area contributed by atoms with Crippen LogP contribution in [0.25, 0.3) is 0 Å². The molecule has 0 fully saturated rings. The highest BCUT2D eigenvalue weighted by Crippen LogP contribution is 2.40. The van der Waals surface area contributed by atoms with Crippen LogP contribution in [0.15, 0.2) is 115 Å². The molecule has 220 valence electrons. The second-order valence-corrected chi connectivity index (χ2v) is 9.79. The van der Waals surface area contributed by atoms with E-state index >= 15 is 0 Å². The predicted octanol–water partition coefficient (Wildman–Crippen LogP) is 5.88. The van der Waals surface area contributed by atoms with Gasteiger partial charge in [-0.2, -0.15) is 0 Å². The fourth-order valence-electron chi connectivity index (χ4n) is 4.75. The molecule has 7 heteroatoms. The summed E-state index contributed by atoms with van der Waals surface area (Å²) in [7, 11) is 1.63. The quantitative estimate of drug-likeness (QED) is 0.0780. The van der Waals surface area contributed by atoms with E-state index in [2.05, 4.69) is 0 Å². The lowest BCUT2D eigenvalue weighted by Crippen LogP contribution is -2.38. The molecule has 0 spiro atoms. The molecule has 0 aliphatic rings. The van der Waals surface area contributed by atoms with Gasteiger partial charge < -0.3 is 28.8 Å². The van der Waals surface area contributed by atoms with Crippen molar-refractivity contribution in [2.45, 2.75) is 37.9 Å². The lowest BCUT2D eigenvalue weighted by atomic mass is 9.80. The molecular weight excluding hydrogens is 532 g/mol. The maximum atomic E-state index is 11.3. The zero-order valence-corrected chi connectivity index (χ0v) is 24.1. The van der Waals surface area contributed by atoms with E-state index in [1.807, 2.05) is 115 Å². The minimum Gasteiger partial charge on any atom is -0.497 e. The minimum atomic E-state index is -1.32. The van der Waals surface area contributed by atoms with E-state index in [0.717, 1.165) is 28.0 Å². The molecule has 0 saturated heterocycles. The minimum absolute atomic E-state index is 0.127. The van der Waals surface area contributed by atoms with Gasteiger partial charge in [0.15, 0.2) is 6.29 Å². The predicted molar refractivity (Wildman–Crippen MR) is 160 cm³/mol. The van der Waals surface area contributed by atoms with Crippen molar-refractivity contribution in [3.8, 4) is 5.75 Å². The summed E-state index contributed by atoms with van der Waals surface area (Å²) in [6, 6.07) is 37.8. The molecule has 0 aliphatic heterocycles. The van der Waals surface area contributed by atoms with Gasteiger partial charge in [0, 0.05) is 13.5 Å². The average molecular weight is 571 g/mol. The lowest BCUT2D eigenvalue weighted by Gasteiger charge is -2.37. The van der Waals surface area contributed by atoms with Crippen molar-refractivity contribution in [1.29, 1.82) is 0 Å². The number of rotatable bonds is 16. The van der Waals surface area contributed by atoms with E-state index < -0.39 is 24.0 Å². The van der Waals surface area contributed by atoms with Crippen molar-refractivity contribution in [3.63, 3.8) is 0 Å². The number of aliphatic hydroxyl groups excluding tert-OH is 1. The molecule has 0 heterocycles. The molecule has 0 amide bonds. The van der Waals surface area contributed by atoms with Crippen LogP contribution in [-0.4, -0.2) is 50.4 Å². The Balaban J connectivity index is 1.56. The fraction of sp³-hybridized carbons (Fsp3) is 0.286. The normalized spacial score (nSPS) is 12.8. The van der Waals surface area contributed by atoms with Gasteiger partial charge in [-0.3, -0.25) is 4.79 Å². The van der Waals surface area contributed by atoms with Crippen LogP contribution in [0.5, 0.6) is 5.75 Å². The fourth-order valence-corrected chi connectivity index (χ4v) is 4.75. The SMILES string of the molecule is COc1ccc(COCC[C@@H](COC(c2ccccc2)(c2ccccc2)c2ccccc2)OC(O)COC(C)=O)cc1. The van der Waals surface area contributed by atoms with Gasteiger partial charge >= 0.3 is 5.97 Å². The van der Waals surface area contributed by atoms with Crippen LogP contribution in [0.4, 0.5) is 0 Å². The molecule has 2 atom stereocenters. The van der Waals surface area contributed by atoms with Crippen LogP contribution in [0.3, 0.4) is 0 Å². The average Bonchev–Trinajstić information content (AvgIpc) is 3.04. The molecule has 0 bridgehead atoms. The van der Waals surface area contributed by atoms with E-state index in [4.69, 9.17) is 23.7 Å². The summed E-state index contributed by atoms with van der Waals surface area (Å²) >= 11 is 0. The summed E-state index contributed by atoms with van der Waals surface area (Å²) in [5.41, 5.74) is 2.93. The molecule has 0 aromatic heterocycles. The molecule has 4 aromatic rings. The molecule has 42 heavy (non-hydrogen) atoms. The summed E-state index contributed by atoms with van der Waals surface area (Å²) in [4.78, 5) is 11.3. The van der Waals surface area contributed by atoms with Gasteiger partial charge in [0.05, 0.1) is 26.4 Å². The molecule has 4 aromatic carbocycles. The Bertz CT molecular complexity index is 1230. The van der Waals surface area contributed by atoms with Crippen molar-refractivity contribution in [3.05, 3.63) is 138 Å². The van der Waals surface area contributed by atoms with Crippen LogP contribution in [0.1, 0.15) is 35.6 Å². The van der Waals surface area contributed by atoms with Crippen LogP contribution in [0, 0.1) is 0 Å². The molecular formula is C35H38O7. The Hall–Kier alpha value is -4.01. The number of ether oxygens (including phenoxy) is 5. The van der Waals surface area contributed by atoms with E-state index in [1.54, 1.807) is 7.11 Å². The van der Waals surface area contributed by atoms with Gasteiger partial charge in [-0.1, -0.05) is 103 Å². The third-order valence-corrected chi connectivity index (χ3v) is 6.82. The number of methoxy groups -OCH3 is 1. The van der Waals surface area contributed by atoms with Gasteiger partial charge in [0.25, 0.3) is 0 Å². The molecule has 7 nitrogen and oxygen atoms in total. The Morgan fingerprint density at radius 1 is 0.762 bits per heavy atom.